The minimum atomic E-state index is 0. The van der Waals surface area contributed by atoms with E-state index in [0.717, 1.165) is 38.0 Å². The summed E-state index contributed by atoms with van der Waals surface area (Å²) in [5.74, 6) is 1.79. The smallest absolute Gasteiger partial charge is 0.0768 e. The maximum absolute atomic E-state index is 4.75. The van der Waals surface area contributed by atoms with Crippen molar-refractivity contribution in [2.45, 2.75) is 32.5 Å². The molecule has 6 heteroatoms. The summed E-state index contributed by atoms with van der Waals surface area (Å²) in [7, 11) is 0. The summed E-state index contributed by atoms with van der Waals surface area (Å²) in [4.78, 5) is 2.60. The van der Waals surface area contributed by atoms with E-state index in [0.29, 0.717) is 0 Å². The summed E-state index contributed by atoms with van der Waals surface area (Å²) < 4.78 is 2.18. The third kappa shape index (κ3) is 3.45. The summed E-state index contributed by atoms with van der Waals surface area (Å²) in [5, 5.41) is 8.16. The molecule has 0 amide bonds. The van der Waals surface area contributed by atoms with Gasteiger partial charge < -0.3 is 5.32 Å². The van der Waals surface area contributed by atoms with E-state index in [1.54, 1.807) is 0 Å². The molecule has 0 saturated carbocycles. The molecule has 1 aliphatic carbocycles. The fraction of sp³-hybridized carbons (Fsp3) is 0.667. The molecule has 0 radical (unpaired) electrons. The van der Waals surface area contributed by atoms with Crippen molar-refractivity contribution in [1.29, 1.82) is 0 Å². The van der Waals surface area contributed by atoms with Gasteiger partial charge >= 0.3 is 0 Å². The molecule has 1 fully saturated rings. The zero-order valence-electron chi connectivity index (χ0n) is 12.2. The molecule has 21 heavy (non-hydrogen) atoms. The lowest BCUT2D eigenvalue weighted by Gasteiger charge is -2.18. The summed E-state index contributed by atoms with van der Waals surface area (Å²) >= 11 is 0. The number of allylic oxidation sites excluding steroid dienone is 2. The monoisotopic (exact) mass is 330 g/mol. The molecule has 0 unspecified atom stereocenters. The Hall–Kier alpha value is -0.550. The van der Waals surface area contributed by atoms with Gasteiger partial charge in [-0.25, -0.2) is 0 Å². The van der Waals surface area contributed by atoms with Crippen LogP contribution in [0.1, 0.15) is 24.2 Å². The predicted octanol–water partition coefficient (Wildman–Crippen LogP) is 2.23. The number of hydrogen-bond donors (Lipinski definition) is 1. The van der Waals surface area contributed by atoms with Crippen molar-refractivity contribution in [3.8, 4) is 0 Å². The largest absolute Gasteiger partial charge is 0.309 e. The molecule has 1 saturated heterocycles. The topological polar surface area (TPSA) is 33.1 Å². The van der Waals surface area contributed by atoms with E-state index >= 15 is 0 Å². The second-order valence-electron chi connectivity index (χ2n) is 6.18. The van der Waals surface area contributed by atoms with Gasteiger partial charge in [-0.2, -0.15) is 5.10 Å². The van der Waals surface area contributed by atoms with Gasteiger partial charge in [-0.1, -0.05) is 12.2 Å². The summed E-state index contributed by atoms with van der Waals surface area (Å²) in [6.45, 7) is 6.60. The highest BCUT2D eigenvalue weighted by atomic mass is 35.5. The molecular formula is C15H24Cl2N4. The van der Waals surface area contributed by atoms with Gasteiger partial charge in [0.05, 0.1) is 17.9 Å². The number of nitrogens with one attached hydrogen (secondary N) is 1. The van der Waals surface area contributed by atoms with E-state index in [-0.39, 0.29) is 24.8 Å². The standard InChI is InChI=1S/C15H22N4.2ClH/c1-2-4-13-10-18(9-12(13)3-1)11-14-7-15-8-16-5-6-19(15)17-14;;/h1-2,7,12-13,16H,3-6,8-11H2;2*1H/t12-,13+;;. The second-order valence-corrected chi connectivity index (χ2v) is 6.18. The fourth-order valence-electron chi connectivity index (χ4n) is 3.80. The van der Waals surface area contributed by atoms with Crippen molar-refractivity contribution in [1.82, 2.24) is 20.0 Å². The average molecular weight is 331 g/mol. The normalized spacial score (nSPS) is 27.4. The molecule has 3 heterocycles. The van der Waals surface area contributed by atoms with Crippen LogP contribution >= 0.6 is 24.8 Å². The third-order valence-corrected chi connectivity index (χ3v) is 4.80. The molecule has 4 nitrogen and oxygen atoms in total. The summed E-state index contributed by atoms with van der Waals surface area (Å²) in [6, 6.07) is 2.28. The molecule has 3 aliphatic rings. The van der Waals surface area contributed by atoms with Gasteiger partial charge in [-0.15, -0.1) is 24.8 Å². The Morgan fingerprint density at radius 3 is 2.52 bits per heavy atom. The van der Waals surface area contributed by atoms with Crippen LogP contribution in [0.15, 0.2) is 18.2 Å². The van der Waals surface area contributed by atoms with Crippen molar-refractivity contribution in [2.75, 3.05) is 19.6 Å². The maximum atomic E-state index is 4.75. The Balaban J connectivity index is 0.000000807. The molecule has 0 spiro atoms. The minimum absolute atomic E-state index is 0. The number of nitrogens with zero attached hydrogens (tertiary/aromatic N) is 3. The fourth-order valence-corrected chi connectivity index (χ4v) is 3.80. The number of likely N-dealkylation sites (tertiary alicyclic amines) is 1. The van der Waals surface area contributed by atoms with Crippen LogP contribution in [0.25, 0.3) is 0 Å². The lowest BCUT2D eigenvalue weighted by molar-refractivity contribution is 0.308. The van der Waals surface area contributed by atoms with E-state index in [4.69, 9.17) is 5.10 Å². The van der Waals surface area contributed by atoms with Gasteiger partial charge in [0.25, 0.3) is 0 Å². The highest BCUT2D eigenvalue weighted by molar-refractivity contribution is 5.85. The van der Waals surface area contributed by atoms with Crippen LogP contribution < -0.4 is 5.32 Å². The maximum Gasteiger partial charge on any atom is 0.0768 e. The zero-order valence-corrected chi connectivity index (χ0v) is 13.8. The van der Waals surface area contributed by atoms with E-state index in [9.17, 15) is 0 Å². The van der Waals surface area contributed by atoms with Crippen molar-refractivity contribution in [3.05, 3.63) is 29.6 Å². The Morgan fingerprint density at radius 2 is 1.86 bits per heavy atom. The van der Waals surface area contributed by atoms with E-state index in [1.807, 2.05) is 0 Å². The van der Waals surface area contributed by atoms with Crippen LogP contribution in [0.2, 0.25) is 0 Å². The Labute approximate surface area is 138 Å². The Morgan fingerprint density at radius 1 is 1.14 bits per heavy atom. The van der Waals surface area contributed by atoms with Gasteiger partial charge in [-0.3, -0.25) is 9.58 Å². The number of hydrogen-bond acceptors (Lipinski definition) is 3. The lowest BCUT2D eigenvalue weighted by atomic mass is 9.86. The van der Waals surface area contributed by atoms with Crippen LogP contribution in [0.4, 0.5) is 0 Å². The molecule has 118 valence electrons. The molecule has 2 atom stereocenters. The molecule has 0 bridgehead atoms. The van der Waals surface area contributed by atoms with Gasteiger partial charge in [0.2, 0.25) is 0 Å². The molecule has 4 rings (SSSR count). The van der Waals surface area contributed by atoms with Gasteiger partial charge in [0.15, 0.2) is 0 Å². The molecule has 1 aromatic heterocycles. The van der Waals surface area contributed by atoms with E-state index in [1.165, 1.54) is 37.3 Å². The first-order chi connectivity index (χ1) is 9.38. The van der Waals surface area contributed by atoms with Gasteiger partial charge in [0, 0.05) is 32.7 Å². The first kappa shape index (κ1) is 16.8. The van der Waals surface area contributed by atoms with E-state index < -0.39 is 0 Å². The highest BCUT2D eigenvalue weighted by Gasteiger charge is 2.32. The quantitative estimate of drug-likeness (QED) is 0.844. The van der Waals surface area contributed by atoms with Crippen LogP contribution in [0.3, 0.4) is 0 Å². The average Bonchev–Trinajstić information content (AvgIpc) is 3.00. The Kier molecular flexibility index (Phi) is 5.72. The first-order valence-electron chi connectivity index (χ1n) is 7.52. The second kappa shape index (κ2) is 7.14. The van der Waals surface area contributed by atoms with Crippen LogP contribution in [-0.4, -0.2) is 34.3 Å². The van der Waals surface area contributed by atoms with Crippen LogP contribution in [-0.2, 0) is 19.6 Å². The zero-order chi connectivity index (χ0) is 12.7. The Bertz CT molecular complexity index is 460. The van der Waals surface area contributed by atoms with E-state index in [2.05, 4.69) is 33.1 Å². The number of aromatic nitrogens is 2. The van der Waals surface area contributed by atoms with Crippen LogP contribution in [0.5, 0.6) is 0 Å². The highest BCUT2D eigenvalue weighted by Crippen LogP contribution is 2.33. The van der Waals surface area contributed by atoms with Crippen molar-refractivity contribution in [3.63, 3.8) is 0 Å². The molecule has 1 aromatic rings. The number of fused-ring (bicyclic) bond motifs is 2. The van der Waals surface area contributed by atoms with Crippen molar-refractivity contribution >= 4 is 24.8 Å². The van der Waals surface area contributed by atoms with Crippen molar-refractivity contribution in [2.24, 2.45) is 11.8 Å². The first-order valence-corrected chi connectivity index (χ1v) is 7.52. The minimum Gasteiger partial charge on any atom is -0.309 e. The lowest BCUT2D eigenvalue weighted by Crippen LogP contribution is -2.28. The molecular weight excluding hydrogens is 307 g/mol. The van der Waals surface area contributed by atoms with Crippen molar-refractivity contribution < 1.29 is 0 Å². The predicted molar refractivity (Wildman–Crippen MR) is 89.1 cm³/mol. The summed E-state index contributed by atoms with van der Waals surface area (Å²) in [5.41, 5.74) is 2.60. The number of rotatable bonds is 2. The molecule has 0 aromatic carbocycles. The summed E-state index contributed by atoms with van der Waals surface area (Å²) in [6.07, 6.45) is 7.30. The third-order valence-electron chi connectivity index (χ3n) is 4.80. The van der Waals surface area contributed by atoms with Gasteiger partial charge in [0.1, 0.15) is 0 Å². The van der Waals surface area contributed by atoms with Crippen LogP contribution in [0, 0.1) is 11.8 Å². The number of halogens is 2. The molecule has 1 N–H and O–H groups in total. The SMILES string of the molecule is C1=CC[C@H]2CN(Cc3cc4n(n3)CCNC4)C[C@H]2C1.Cl.Cl. The molecule has 2 aliphatic heterocycles. The van der Waals surface area contributed by atoms with Gasteiger partial charge in [-0.05, 0) is 30.7 Å².